The fourth-order valence-electron chi connectivity index (χ4n) is 1.53. The van der Waals surface area contributed by atoms with Crippen LogP contribution < -0.4 is 11.1 Å². The van der Waals surface area contributed by atoms with Crippen LogP contribution in [-0.2, 0) is 9.53 Å². The molecule has 0 aromatic heterocycles. The number of nitrogens with one attached hydrogen (secondary N) is 1. The summed E-state index contributed by atoms with van der Waals surface area (Å²) in [7, 11) is 1.67. The quantitative estimate of drug-likeness (QED) is 0.624. The van der Waals surface area contributed by atoms with Gasteiger partial charge >= 0.3 is 0 Å². The SMILES string of the molecule is COCC(C)CNC(=O)CCC(C)CCN. The van der Waals surface area contributed by atoms with Crippen molar-refractivity contribution in [3.05, 3.63) is 0 Å². The van der Waals surface area contributed by atoms with E-state index in [1.165, 1.54) is 0 Å². The van der Waals surface area contributed by atoms with Crippen LogP contribution in [0, 0.1) is 11.8 Å². The number of nitrogens with two attached hydrogens (primary N) is 1. The van der Waals surface area contributed by atoms with E-state index in [9.17, 15) is 4.79 Å². The molecule has 0 aliphatic rings. The Labute approximate surface area is 98.9 Å². The molecule has 0 bridgehead atoms. The Balaban J connectivity index is 3.51. The molecule has 0 aliphatic carbocycles. The monoisotopic (exact) mass is 230 g/mol. The van der Waals surface area contributed by atoms with Gasteiger partial charge in [0.05, 0.1) is 6.61 Å². The fraction of sp³-hybridized carbons (Fsp3) is 0.917. The predicted octanol–water partition coefficient (Wildman–Crippen LogP) is 1.15. The highest BCUT2D eigenvalue weighted by molar-refractivity contribution is 5.75. The molecule has 0 saturated heterocycles. The number of hydrogen-bond donors (Lipinski definition) is 2. The second-order valence-corrected chi connectivity index (χ2v) is 4.59. The first-order valence-corrected chi connectivity index (χ1v) is 6.05. The van der Waals surface area contributed by atoms with E-state index < -0.39 is 0 Å². The Morgan fingerprint density at radius 3 is 2.56 bits per heavy atom. The first-order chi connectivity index (χ1) is 7.60. The first-order valence-electron chi connectivity index (χ1n) is 6.05. The molecule has 0 fully saturated rings. The molecule has 0 aromatic rings. The molecule has 1 amide bonds. The molecule has 0 aliphatic heterocycles. The molecule has 0 spiro atoms. The highest BCUT2D eigenvalue weighted by Crippen LogP contribution is 2.08. The Kier molecular flexibility index (Phi) is 9.24. The topological polar surface area (TPSA) is 64.3 Å². The molecule has 0 rings (SSSR count). The highest BCUT2D eigenvalue weighted by atomic mass is 16.5. The highest BCUT2D eigenvalue weighted by Gasteiger charge is 2.07. The van der Waals surface area contributed by atoms with Gasteiger partial charge in [0.1, 0.15) is 0 Å². The number of hydrogen-bond acceptors (Lipinski definition) is 3. The number of rotatable bonds is 9. The van der Waals surface area contributed by atoms with Crippen LogP contribution in [-0.4, -0.2) is 32.7 Å². The molecule has 0 saturated carbocycles. The van der Waals surface area contributed by atoms with Crippen LogP contribution >= 0.6 is 0 Å². The molecule has 2 atom stereocenters. The van der Waals surface area contributed by atoms with Crippen molar-refractivity contribution in [2.75, 3.05) is 26.8 Å². The lowest BCUT2D eigenvalue weighted by molar-refractivity contribution is -0.121. The van der Waals surface area contributed by atoms with Crippen molar-refractivity contribution in [3.63, 3.8) is 0 Å². The van der Waals surface area contributed by atoms with E-state index in [0.717, 1.165) is 12.8 Å². The fourth-order valence-corrected chi connectivity index (χ4v) is 1.53. The summed E-state index contributed by atoms with van der Waals surface area (Å²) in [5.74, 6) is 1.04. The summed E-state index contributed by atoms with van der Waals surface area (Å²) in [6.07, 6.45) is 2.51. The minimum atomic E-state index is 0.131. The van der Waals surface area contributed by atoms with Gasteiger partial charge in [-0.25, -0.2) is 0 Å². The predicted molar refractivity (Wildman–Crippen MR) is 66.1 cm³/mol. The maximum absolute atomic E-state index is 11.5. The molecular weight excluding hydrogens is 204 g/mol. The molecule has 3 N–H and O–H groups in total. The maximum Gasteiger partial charge on any atom is 0.220 e. The zero-order chi connectivity index (χ0) is 12.4. The van der Waals surface area contributed by atoms with Gasteiger partial charge in [-0.1, -0.05) is 13.8 Å². The molecule has 4 heteroatoms. The van der Waals surface area contributed by atoms with E-state index in [0.29, 0.717) is 38.0 Å². The third-order valence-corrected chi connectivity index (χ3v) is 2.62. The largest absolute Gasteiger partial charge is 0.384 e. The van der Waals surface area contributed by atoms with Crippen molar-refractivity contribution >= 4 is 5.91 Å². The first kappa shape index (κ1) is 15.4. The summed E-state index contributed by atoms with van der Waals surface area (Å²) in [6.45, 7) is 6.27. The molecule has 96 valence electrons. The standard InChI is InChI=1S/C12H26N2O2/c1-10(6-7-13)4-5-12(15)14-8-11(2)9-16-3/h10-11H,4-9,13H2,1-3H3,(H,14,15). The van der Waals surface area contributed by atoms with Gasteiger partial charge in [0, 0.05) is 20.1 Å². The average molecular weight is 230 g/mol. The Hall–Kier alpha value is -0.610. The van der Waals surface area contributed by atoms with E-state index in [4.69, 9.17) is 10.5 Å². The summed E-state index contributed by atoms with van der Waals surface area (Å²) in [5, 5.41) is 2.91. The normalized spacial score (nSPS) is 14.5. The van der Waals surface area contributed by atoms with E-state index in [2.05, 4.69) is 19.2 Å². The third kappa shape index (κ3) is 8.68. The van der Waals surface area contributed by atoms with Crippen molar-refractivity contribution in [2.24, 2.45) is 17.6 Å². The van der Waals surface area contributed by atoms with Gasteiger partial charge in [-0.15, -0.1) is 0 Å². The number of amides is 1. The number of carbonyl (C=O) groups is 1. The van der Waals surface area contributed by atoms with E-state index in [-0.39, 0.29) is 5.91 Å². The van der Waals surface area contributed by atoms with Crippen LogP contribution in [0.1, 0.15) is 33.1 Å². The Bertz CT molecular complexity index is 168. The minimum absolute atomic E-state index is 0.131. The molecule has 0 radical (unpaired) electrons. The summed E-state index contributed by atoms with van der Waals surface area (Å²) in [4.78, 5) is 11.5. The summed E-state index contributed by atoms with van der Waals surface area (Å²) >= 11 is 0. The van der Waals surface area contributed by atoms with Crippen molar-refractivity contribution < 1.29 is 9.53 Å². The second kappa shape index (κ2) is 9.60. The van der Waals surface area contributed by atoms with Gasteiger partial charge < -0.3 is 15.8 Å². The zero-order valence-corrected chi connectivity index (χ0v) is 10.8. The van der Waals surface area contributed by atoms with E-state index >= 15 is 0 Å². The Morgan fingerprint density at radius 2 is 2.00 bits per heavy atom. The minimum Gasteiger partial charge on any atom is -0.384 e. The molecule has 0 heterocycles. The number of carbonyl (C=O) groups excluding carboxylic acids is 1. The van der Waals surface area contributed by atoms with Gasteiger partial charge in [-0.2, -0.15) is 0 Å². The van der Waals surface area contributed by atoms with Crippen LogP contribution in [0.15, 0.2) is 0 Å². The summed E-state index contributed by atoms with van der Waals surface area (Å²) < 4.78 is 5.00. The van der Waals surface area contributed by atoms with Crippen molar-refractivity contribution in [1.82, 2.24) is 5.32 Å². The van der Waals surface area contributed by atoms with Crippen LogP contribution in [0.2, 0.25) is 0 Å². The second-order valence-electron chi connectivity index (χ2n) is 4.59. The van der Waals surface area contributed by atoms with Gasteiger partial charge in [0.2, 0.25) is 5.91 Å². The summed E-state index contributed by atoms with van der Waals surface area (Å²) in [6, 6.07) is 0. The molecule has 0 aromatic carbocycles. The maximum atomic E-state index is 11.5. The van der Waals surface area contributed by atoms with Crippen molar-refractivity contribution in [3.8, 4) is 0 Å². The van der Waals surface area contributed by atoms with Gasteiger partial charge in [-0.05, 0) is 31.2 Å². The number of ether oxygens (including phenoxy) is 1. The number of methoxy groups -OCH3 is 1. The molecule has 4 nitrogen and oxygen atoms in total. The lowest BCUT2D eigenvalue weighted by Gasteiger charge is -2.13. The van der Waals surface area contributed by atoms with Crippen LogP contribution in [0.25, 0.3) is 0 Å². The zero-order valence-electron chi connectivity index (χ0n) is 10.8. The van der Waals surface area contributed by atoms with E-state index in [1.807, 2.05) is 0 Å². The Morgan fingerprint density at radius 1 is 1.31 bits per heavy atom. The van der Waals surface area contributed by atoms with Gasteiger partial charge in [0.15, 0.2) is 0 Å². The lowest BCUT2D eigenvalue weighted by atomic mass is 10.0. The average Bonchev–Trinajstić information content (AvgIpc) is 2.24. The van der Waals surface area contributed by atoms with Crippen LogP contribution in [0.3, 0.4) is 0 Å². The van der Waals surface area contributed by atoms with Crippen molar-refractivity contribution in [1.29, 1.82) is 0 Å². The smallest absolute Gasteiger partial charge is 0.220 e. The lowest BCUT2D eigenvalue weighted by Crippen LogP contribution is -2.30. The van der Waals surface area contributed by atoms with Gasteiger partial charge in [-0.3, -0.25) is 4.79 Å². The summed E-state index contributed by atoms with van der Waals surface area (Å²) in [5.41, 5.74) is 5.45. The van der Waals surface area contributed by atoms with E-state index in [1.54, 1.807) is 7.11 Å². The molecule has 2 unspecified atom stereocenters. The van der Waals surface area contributed by atoms with Crippen LogP contribution in [0.4, 0.5) is 0 Å². The van der Waals surface area contributed by atoms with Crippen molar-refractivity contribution in [2.45, 2.75) is 33.1 Å². The third-order valence-electron chi connectivity index (χ3n) is 2.62. The van der Waals surface area contributed by atoms with Crippen LogP contribution in [0.5, 0.6) is 0 Å². The molecular formula is C12H26N2O2. The van der Waals surface area contributed by atoms with Gasteiger partial charge in [0.25, 0.3) is 0 Å². The molecule has 16 heavy (non-hydrogen) atoms.